The molecule has 0 aromatic heterocycles. The van der Waals surface area contributed by atoms with Gasteiger partial charge in [0.25, 0.3) is 0 Å². The maximum atomic E-state index is 12.3. The van der Waals surface area contributed by atoms with Gasteiger partial charge in [0.1, 0.15) is 0 Å². The van der Waals surface area contributed by atoms with E-state index in [1.54, 1.807) is 0 Å². The highest BCUT2D eigenvalue weighted by atomic mass is 32.2. The summed E-state index contributed by atoms with van der Waals surface area (Å²) < 4.78 is 0. The first kappa shape index (κ1) is 17.8. The Balaban J connectivity index is 2.17. The van der Waals surface area contributed by atoms with Gasteiger partial charge >= 0.3 is 0 Å². The fourth-order valence-corrected chi connectivity index (χ4v) is 3.00. The van der Waals surface area contributed by atoms with Crippen molar-refractivity contribution < 1.29 is 4.79 Å². The second-order valence-corrected chi connectivity index (χ2v) is 6.94. The molecule has 1 aliphatic rings. The minimum Gasteiger partial charge on any atom is -0.355 e. The summed E-state index contributed by atoms with van der Waals surface area (Å²) in [5, 5.41) is 6.43. The third-order valence-electron chi connectivity index (χ3n) is 4.02. The molecular formula is C15H31N3OS. The summed E-state index contributed by atoms with van der Waals surface area (Å²) in [6.45, 7) is 8.74. The van der Waals surface area contributed by atoms with E-state index >= 15 is 0 Å². The molecular weight excluding hydrogens is 270 g/mol. The Labute approximate surface area is 128 Å². The fraction of sp³-hybridized carbons (Fsp3) is 0.933. The van der Waals surface area contributed by atoms with Gasteiger partial charge in [-0.15, -0.1) is 0 Å². The van der Waals surface area contributed by atoms with Gasteiger partial charge in [-0.05, 0) is 38.7 Å². The summed E-state index contributed by atoms with van der Waals surface area (Å²) in [7, 11) is 0. The molecule has 118 valence electrons. The van der Waals surface area contributed by atoms with E-state index in [0.29, 0.717) is 0 Å². The summed E-state index contributed by atoms with van der Waals surface area (Å²) >= 11 is 1.91. The number of unbranched alkanes of at least 4 members (excludes halogenated alkanes) is 3. The highest BCUT2D eigenvalue weighted by Crippen LogP contribution is 2.15. The fourth-order valence-electron chi connectivity index (χ4n) is 2.51. The molecule has 0 radical (unpaired) electrons. The lowest BCUT2D eigenvalue weighted by molar-refractivity contribution is -0.132. The zero-order valence-electron chi connectivity index (χ0n) is 13.3. The van der Waals surface area contributed by atoms with E-state index in [2.05, 4.69) is 21.8 Å². The quantitative estimate of drug-likeness (QED) is 0.636. The summed E-state index contributed by atoms with van der Waals surface area (Å²) in [6.07, 6.45) is 7.03. The van der Waals surface area contributed by atoms with Crippen LogP contribution < -0.4 is 10.6 Å². The van der Waals surface area contributed by atoms with Crippen LogP contribution in [0.15, 0.2) is 0 Å². The maximum absolute atomic E-state index is 12.3. The van der Waals surface area contributed by atoms with Gasteiger partial charge < -0.3 is 10.6 Å². The second-order valence-electron chi connectivity index (χ2n) is 5.96. The van der Waals surface area contributed by atoms with Crippen LogP contribution in [0.2, 0.25) is 0 Å². The first-order valence-corrected chi connectivity index (χ1v) is 9.21. The average molecular weight is 302 g/mol. The molecule has 1 aliphatic heterocycles. The number of rotatable bonds is 9. The van der Waals surface area contributed by atoms with Gasteiger partial charge in [0.05, 0.1) is 5.54 Å². The van der Waals surface area contributed by atoms with E-state index in [4.69, 9.17) is 0 Å². The largest absolute Gasteiger partial charge is 0.355 e. The number of nitrogens with one attached hydrogen (secondary N) is 2. The van der Waals surface area contributed by atoms with Crippen molar-refractivity contribution in [2.24, 2.45) is 0 Å². The van der Waals surface area contributed by atoms with Gasteiger partial charge in [-0.1, -0.05) is 12.8 Å². The molecule has 1 fully saturated rings. The molecule has 20 heavy (non-hydrogen) atoms. The number of hydrogen-bond acceptors (Lipinski definition) is 4. The van der Waals surface area contributed by atoms with Crippen LogP contribution >= 0.6 is 11.8 Å². The second kappa shape index (κ2) is 9.64. The molecule has 4 nitrogen and oxygen atoms in total. The molecule has 1 amide bonds. The van der Waals surface area contributed by atoms with Crippen molar-refractivity contribution in [3.63, 3.8) is 0 Å². The third kappa shape index (κ3) is 6.02. The molecule has 0 aromatic carbocycles. The van der Waals surface area contributed by atoms with Gasteiger partial charge in [0.15, 0.2) is 0 Å². The van der Waals surface area contributed by atoms with Crippen molar-refractivity contribution >= 4 is 17.7 Å². The van der Waals surface area contributed by atoms with Crippen molar-refractivity contribution in [2.45, 2.75) is 45.1 Å². The molecule has 0 saturated carbocycles. The Bertz CT molecular complexity index is 278. The summed E-state index contributed by atoms with van der Waals surface area (Å²) in [5.41, 5.74) is -0.388. The zero-order chi connectivity index (χ0) is 14.8. The number of carbonyl (C=O) groups excluding carboxylic acids is 1. The molecule has 0 atom stereocenters. The van der Waals surface area contributed by atoms with Crippen LogP contribution in [0.4, 0.5) is 0 Å². The molecule has 1 heterocycles. The lowest BCUT2D eigenvalue weighted by Crippen LogP contribution is -2.60. The normalized spacial score (nSPS) is 17.1. The van der Waals surface area contributed by atoms with E-state index < -0.39 is 0 Å². The van der Waals surface area contributed by atoms with E-state index in [-0.39, 0.29) is 11.4 Å². The van der Waals surface area contributed by atoms with Crippen LogP contribution in [0, 0.1) is 0 Å². The molecule has 2 N–H and O–H groups in total. The molecule has 1 rings (SSSR count). The first-order chi connectivity index (χ1) is 9.59. The minimum absolute atomic E-state index is 0.170. The SMILES string of the molecule is CSCCCCCCNC(=O)C(C)(C)N1CCNCC1. The van der Waals surface area contributed by atoms with E-state index in [9.17, 15) is 4.79 Å². The third-order valence-corrected chi connectivity index (χ3v) is 4.72. The topological polar surface area (TPSA) is 44.4 Å². The Morgan fingerprint density at radius 2 is 1.85 bits per heavy atom. The van der Waals surface area contributed by atoms with Gasteiger partial charge in [-0.2, -0.15) is 11.8 Å². The lowest BCUT2D eigenvalue weighted by Gasteiger charge is -2.39. The number of piperazine rings is 1. The van der Waals surface area contributed by atoms with Crippen LogP contribution in [0.3, 0.4) is 0 Å². The summed E-state index contributed by atoms with van der Waals surface area (Å²) in [4.78, 5) is 14.6. The number of thioether (sulfide) groups is 1. The molecule has 5 heteroatoms. The predicted molar refractivity (Wildman–Crippen MR) is 88.4 cm³/mol. The number of amides is 1. The van der Waals surface area contributed by atoms with Crippen LogP contribution in [-0.2, 0) is 4.79 Å². The van der Waals surface area contributed by atoms with Crippen LogP contribution in [0.1, 0.15) is 39.5 Å². The predicted octanol–water partition coefficient (Wildman–Crippen LogP) is 1.71. The van der Waals surface area contributed by atoms with E-state index in [0.717, 1.165) is 39.1 Å². The van der Waals surface area contributed by atoms with Crippen LogP contribution in [-0.4, -0.2) is 61.1 Å². The molecule has 0 aliphatic carbocycles. The molecule has 1 saturated heterocycles. The Morgan fingerprint density at radius 1 is 1.20 bits per heavy atom. The smallest absolute Gasteiger partial charge is 0.239 e. The molecule has 0 bridgehead atoms. The maximum Gasteiger partial charge on any atom is 0.239 e. The number of nitrogens with zero attached hydrogens (tertiary/aromatic N) is 1. The van der Waals surface area contributed by atoms with Gasteiger partial charge in [0, 0.05) is 32.7 Å². The van der Waals surface area contributed by atoms with Crippen LogP contribution in [0.25, 0.3) is 0 Å². The first-order valence-electron chi connectivity index (χ1n) is 7.82. The van der Waals surface area contributed by atoms with Crippen molar-refractivity contribution in [3.8, 4) is 0 Å². The standard InChI is InChI=1S/C15H31N3OS/c1-15(2,18-11-9-16-10-12-18)14(19)17-8-6-4-5-7-13-20-3/h16H,4-13H2,1-3H3,(H,17,19). The molecule has 0 spiro atoms. The Morgan fingerprint density at radius 3 is 2.50 bits per heavy atom. The highest BCUT2D eigenvalue weighted by molar-refractivity contribution is 7.98. The number of carbonyl (C=O) groups is 1. The summed E-state index contributed by atoms with van der Waals surface area (Å²) in [6, 6.07) is 0. The van der Waals surface area contributed by atoms with Crippen LogP contribution in [0.5, 0.6) is 0 Å². The zero-order valence-corrected chi connectivity index (χ0v) is 14.2. The molecule has 0 aromatic rings. The lowest BCUT2D eigenvalue weighted by atomic mass is 10.0. The highest BCUT2D eigenvalue weighted by Gasteiger charge is 2.34. The van der Waals surface area contributed by atoms with Gasteiger partial charge in [0.2, 0.25) is 5.91 Å². The van der Waals surface area contributed by atoms with Crippen molar-refractivity contribution in [1.29, 1.82) is 0 Å². The monoisotopic (exact) mass is 301 g/mol. The van der Waals surface area contributed by atoms with Gasteiger partial charge in [-0.3, -0.25) is 9.69 Å². The Kier molecular flexibility index (Phi) is 8.57. The van der Waals surface area contributed by atoms with Crippen molar-refractivity contribution in [2.75, 3.05) is 44.7 Å². The number of hydrogen-bond donors (Lipinski definition) is 2. The minimum atomic E-state index is -0.388. The Hall–Kier alpha value is -0.260. The van der Waals surface area contributed by atoms with Gasteiger partial charge in [-0.25, -0.2) is 0 Å². The molecule has 0 unspecified atom stereocenters. The van der Waals surface area contributed by atoms with Crippen molar-refractivity contribution in [3.05, 3.63) is 0 Å². The van der Waals surface area contributed by atoms with Crippen molar-refractivity contribution in [1.82, 2.24) is 15.5 Å². The summed E-state index contributed by atoms with van der Waals surface area (Å²) in [5.74, 6) is 1.42. The van der Waals surface area contributed by atoms with E-state index in [1.807, 2.05) is 25.6 Å². The van der Waals surface area contributed by atoms with E-state index in [1.165, 1.54) is 25.0 Å². The average Bonchev–Trinajstić information content (AvgIpc) is 2.47.